The first kappa shape index (κ1) is 14.6. The van der Waals surface area contributed by atoms with E-state index in [1.165, 1.54) is 33.1 Å². The molecule has 0 saturated heterocycles. The van der Waals surface area contributed by atoms with E-state index >= 15 is 0 Å². The molecule has 0 bridgehead atoms. The number of nitriles is 1. The number of benzene rings is 1. The van der Waals surface area contributed by atoms with Crippen molar-refractivity contribution in [3.8, 4) is 11.8 Å². The highest BCUT2D eigenvalue weighted by molar-refractivity contribution is 5.85. The van der Waals surface area contributed by atoms with Crippen LogP contribution < -0.4 is 4.74 Å². The van der Waals surface area contributed by atoms with Gasteiger partial charge in [-0.2, -0.15) is 5.26 Å². The quantitative estimate of drug-likeness (QED) is 0.599. The molecule has 0 fully saturated rings. The first-order valence-corrected chi connectivity index (χ1v) is 5.57. The van der Waals surface area contributed by atoms with Crippen LogP contribution in [0.3, 0.4) is 0 Å². The zero-order valence-corrected chi connectivity index (χ0v) is 11.0. The molecule has 0 saturated carbocycles. The van der Waals surface area contributed by atoms with Gasteiger partial charge in [0.15, 0.2) is 5.75 Å². The maximum Gasteiger partial charge on any atom is 0.311 e. The van der Waals surface area contributed by atoms with E-state index in [2.05, 4.69) is 0 Å². The maximum atomic E-state index is 11.5. The molecule has 6 heteroatoms. The number of methoxy groups -OCH3 is 1. The van der Waals surface area contributed by atoms with Crippen LogP contribution in [0.4, 0.5) is 5.69 Å². The van der Waals surface area contributed by atoms with Gasteiger partial charge in [0.2, 0.25) is 0 Å². The van der Waals surface area contributed by atoms with E-state index in [-0.39, 0.29) is 23.6 Å². The summed E-state index contributed by atoms with van der Waals surface area (Å²) in [5, 5.41) is 20.0. The zero-order valence-electron chi connectivity index (χ0n) is 11.0. The van der Waals surface area contributed by atoms with Gasteiger partial charge in [0.1, 0.15) is 11.2 Å². The molecule has 1 atom stereocenters. The van der Waals surface area contributed by atoms with E-state index in [0.29, 0.717) is 5.56 Å². The molecular weight excluding hydrogens is 248 g/mol. The van der Waals surface area contributed by atoms with Gasteiger partial charge < -0.3 is 4.74 Å². The van der Waals surface area contributed by atoms with Crippen molar-refractivity contribution in [1.29, 1.82) is 5.26 Å². The highest BCUT2D eigenvalue weighted by atomic mass is 16.6. The summed E-state index contributed by atoms with van der Waals surface area (Å²) in [6.45, 7) is 2.85. The topological polar surface area (TPSA) is 93.2 Å². The molecule has 19 heavy (non-hydrogen) atoms. The standard InChI is InChI=1S/C13H14N2O4/c1-9(16)13(2,8-14)7-10-4-5-12(19-3)11(6-10)15(17)18/h4-6H,7H2,1-3H3. The van der Waals surface area contributed by atoms with Crippen LogP contribution in [0.15, 0.2) is 18.2 Å². The minimum absolute atomic E-state index is 0.129. The van der Waals surface area contributed by atoms with Crippen molar-refractivity contribution in [3.05, 3.63) is 33.9 Å². The summed E-state index contributed by atoms with van der Waals surface area (Å²) in [5.74, 6) is -0.122. The average Bonchev–Trinajstić information content (AvgIpc) is 2.38. The molecule has 0 aliphatic heterocycles. The van der Waals surface area contributed by atoms with Crippen molar-refractivity contribution in [1.82, 2.24) is 0 Å². The van der Waals surface area contributed by atoms with Gasteiger partial charge in [-0.15, -0.1) is 0 Å². The van der Waals surface area contributed by atoms with Crippen LogP contribution in [-0.2, 0) is 11.2 Å². The molecule has 0 radical (unpaired) electrons. The molecule has 0 heterocycles. The molecular formula is C13H14N2O4. The minimum Gasteiger partial charge on any atom is -0.490 e. The monoisotopic (exact) mass is 262 g/mol. The highest BCUT2D eigenvalue weighted by Gasteiger charge is 2.30. The van der Waals surface area contributed by atoms with Gasteiger partial charge in [-0.05, 0) is 31.9 Å². The Labute approximate surface area is 110 Å². The van der Waals surface area contributed by atoms with Crippen molar-refractivity contribution in [2.24, 2.45) is 5.41 Å². The summed E-state index contributed by atoms with van der Waals surface area (Å²) in [5.41, 5.74) is -0.807. The number of ether oxygens (including phenoxy) is 1. The fraction of sp³-hybridized carbons (Fsp3) is 0.385. The van der Waals surface area contributed by atoms with Crippen molar-refractivity contribution in [2.45, 2.75) is 20.3 Å². The molecule has 1 aromatic carbocycles. The van der Waals surface area contributed by atoms with Crippen molar-refractivity contribution in [2.75, 3.05) is 7.11 Å². The number of nitrogens with zero attached hydrogens (tertiary/aromatic N) is 2. The molecule has 1 aromatic rings. The second-order valence-electron chi connectivity index (χ2n) is 4.44. The van der Waals surface area contributed by atoms with E-state index < -0.39 is 10.3 Å². The summed E-state index contributed by atoms with van der Waals surface area (Å²) in [7, 11) is 1.34. The normalized spacial score (nSPS) is 13.2. The van der Waals surface area contributed by atoms with E-state index in [0.717, 1.165) is 0 Å². The lowest BCUT2D eigenvalue weighted by Crippen LogP contribution is -2.26. The van der Waals surface area contributed by atoms with Gasteiger partial charge in [-0.25, -0.2) is 0 Å². The lowest BCUT2D eigenvalue weighted by Gasteiger charge is -2.17. The molecule has 1 unspecified atom stereocenters. The largest absolute Gasteiger partial charge is 0.490 e. The molecule has 0 N–H and O–H groups in total. The first-order valence-electron chi connectivity index (χ1n) is 5.57. The second kappa shape index (κ2) is 5.48. The van der Waals surface area contributed by atoms with Crippen LogP contribution in [0.5, 0.6) is 5.75 Å². The fourth-order valence-corrected chi connectivity index (χ4v) is 1.64. The van der Waals surface area contributed by atoms with Crippen LogP contribution >= 0.6 is 0 Å². The first-order chi connectivity index (χ1) is 8.84. The second-order valence-corrected chi connectivity index (χ2v) is 4.44. The number of ketones is 1. The maximum absolute atomic E-state index is 11.5. The SMILES string of the molecule is COc1ccc(CC(C)(C#N)C(C)=O)cc1[N+](=O)[O-]. The summed E-state index contributed by atoms with van der Waals surface area (Å²) in [6, 6.07) is 6.36. The third kappa shape index (κ3) is 3.07. The number of hydrogen-bond donors (Lipinski definition) is 0. The minimum atomic E-state index is -1.18. The van der Waals surface area contributed by atoms with Crippen LogP contribution in [0.25, 0.3) is 0 Å². The molecule has 0 aliphatic rings. The molecule has 0 spiro atoms. The van der Waals surface area contributed by atoms with Gasteiger partial charge >= 0.3 is 5.69 Å². The number of carbonyl (C=O) groups is 1. The number of nitro benzene ring substituents is 1. The molecule has 0 aromatic heterocycles. The highest BCUT2D eigenvalue weighted by Crippen LogP contribution is 2.31. The fourth-order valence-electron chi connectivity index (χ4n) is 1.64. The summed E-state index contributed by atoms with van der Waals surface area (Å²) in [6.07, 6.45) is 0.129. The van der Waals surface area contributed by atoms with Crippen molar-refractivity contribution in [3.63, 3.8) is 0 Å². The van der Waals surface area contributed by atoms with Gasteiger partial charge in [-0.1, -0.05) is 6.07 Å². The van der Waals surface area contributed by atoms with Gasteiger partial charge in [0, 0.05) is 6.07 Å². The molecule has 0 amide bonds. The average molecular weight is 262 g/mol. The lowest BCUT2D eigenvalue weighted by atomic mass is 9.81. The van der Waals surface area contributed by atoms with E-state index in [9.17, 15) is 14.9 Å². The van der Waals surface area contributed by atoms with E-state index in [1.807, 2.05) is 6.07 Å². The Balaban J connectivity index is 3.17. The van der Waals surface area contributed by atoms with E-state index in [1.54, 1.807) is 6.07 Å². The van der Waals surface area contributed by atoms with E-state index in [4.69, 9.17) is 10.00 Å². The lowest BCUT2D eigenvalue weighted by molar-refractivity contribution is -0.385. The molecule has 6 nitrogen and oxygen atoms in total. The number of carbonyl (C=O) groups excluding carboxylic acids is 1. The van der Waals surface area contributed by atoms with Crippen LogP contribution in [0, 0.1) is 26.9 Å². The van der Waals surface area contributed by atoms with Gasteiger partial charge in [-0.3, -0.25) is 14.9 Å². The smallest absolute Gasteiger partial charge is 0.311 e. The number of rotatable bonds is 5. The van der Waals surface area contributed by atoms with Crippen molar-refractivity contribution < 1.29 is 14.5 Å². The van der Waals surface area contributed by atoms with Crippen LogP contribution in [0.1, 0.15) is 19.4 Å². The Bertz CT molecular complexity index is 562. The number of Topliss-reactive ketones (excluding diaryl/α,β-unsaturated/α-hetero) is 1. The number of hydrogen-bond acceptors (Lipinski definition) is 5. The van der Waals surface area contributed by atoms with Gasteiger partial charge in [0.25, 0.3) is 0 Å². The number of nitro groups is 1. The predicted octanol–water partition coefficient (Wildman–Crippen LogP) is 2.26. The Morgan fingerprint density at radius 3 is 2.63 bits per heavy atom. The van der Waals surface area contributed by atoms with Crippen LogP contribution in [0.2, 0.25) is 0 Å². The zero-order chi connectivity index (χ0) is 14.6. The summed E-state index contributed by atoms with van der Waals surface area (Å²) in [4.78, 5) is 21.8. The molecule has 1 rings (SSSR count). The molecule has 0 aliphatic carbocycles. The Morgan fingerprint density at radius 2 is 2.21 bits per heavy atom. The Hall–Kier alpha value is -2.42. The summed E-state index contributed by atoms with van der Waals surface area (Å²) < 4.78 is 4.89. The van der Waals surface area contributed by atoms with Crippen LogP contribution in [-0.4, -0.2) is 17.8 Å². The van der Waals surface area contributed by atoms with Gasteiger partial charge in [0.05, 0.1) is 18.1 Å². The predicted molar refractivity (Wildman–Crippen MR) is 67.8 cm³/mol. The Morgan fingerprint density at radius 1 is 1.58 bits per heavy atom. The summed E-state index contributed by atoms with van der Waals surface area (Å²) >= 11 is 0. The third-order valence-corrected chi connectivity index (χ3v) is 3.02. The Kier molecular flexibility index (Phi) is 4.22. The third-order valence-electron chi connectivity index (χ3n) is 3.02. The van der Waals surface area contributed by atoms with Crippen molar-refractivity contribution >= 4 is 11.5 Å². The molecule has 100 valence electrons.